The number of quaternary nitrogens is 1. The fourth-order valence-electron chi connectivity index (χ4n) is 10.8. The molecule has 0 rings (SSSR count). The number of carbonyl (C=O) groups is 2. The van der Waals surface area contributed by atoms with Crippen molar-refractivity contribution in [3.05, 3.63) is 60.8 Å². The molecule has 0 saturated carbocycles. The van der Waals surface area contributed by atoms with Crippen LogP contribution in [0, 0.1) is 0 Å². The van der Waals surface area contributed by atoms with Crippen LogP contribution in [0.4, 0.5) is 0 Å². The predicted octanol–water partition coefficient (Wildman–Crippen LogP) is 23.8. The zero-order chi connectivity index (χ0) is 61.9. The van der Waals surface area contributed by atoms with Crippen LogP contribution in [0.1, 0.15) is 354 Å². The third-order valence-corrected chi connectivity index (χ3v) is 17.3. The molecule has 0 aromatic carbocycles. The van der Waals surface area contributed by atoms with Gasteiger partial charge in [-0.15, -0.1) is 0 Å². The lowest BCUT2D eigenvalue weighted by Crippen LogP contribution is -2.37. The molecule has 498 valence electrons. The van der Waals surface area contributed by atoms with Gasteiger partial charge in [-0.25, -0.2) is 4.57 Å². The minimum atomic E-state index is -4.40. The van der Waals surface area contributed by atoms with E-state index in [4.69, 9.17) is 18.5 Å². The largest absolute Gasteiger partial charge is 0.472 e. The van der Waals surface area contributed by atoms with Crippen molar-refractivity contribution < 1.29 is 42.1 Å². The van der Waals surface area contributed by atoms with Crippen LogP contribution in [-0.2, 0) is 32.7 Å². The number of likely N-dealkylation sites (N-methyl/N-ethyl adjacent to an activating group) is 1. The van der Waals surface area contributed by atoms with Crippen molar-refractivity contribution in [2.75, 3.05) is 47.5 Å². The van der Waals surface area contributed by atoms with E-state index in [0.717, 1.165) is 77.0 Å². The number of allylic oxidation sites excluding steroid dienone is 10. The van der Waals surface area contributed by atoms with Crippen LogP contribution < -0.4 is 0 Å². The Labute approximate surface area is 527 Å². The first-order chi connectivity index (χ1) is 41.5. The van der Waals surface area contributed by atoms with E-state index in [9.17, 15) is 19.0 Å². The molecule has 0 spiro atoms. The third kappa shape index (κ3) is 70.7. The van der Waals surface area contributed by atoms with Crippen LogP contribution in [0.15, 0.2) is 60.8 Å². The van der Waals surface area contributed by atoms with Crippen LogP contribution >= 0.6 is 7.82 Å². The Bertz CT molecular complexity index is 1620. The molecule has 1 N–H and O–H groups in total. The van der Waals surface area contributed by atoms with Crippen LogP contribution in [0.5, 0.6) is 0 Å². The summed E-state index contributed by atoms with van der Waals surface area (Å²) in [5.74, 6) is -0.797. The summed E-state index contributed by atoms with van der Waals surface area (Å²) >= 11 is 0. The number of rotatable bonds is 68. The molecule has 0 aliphatic heterocycles. The number of hydrogen-bond acceptors (Lipinski definition) is 7. The van der Waals surface area contributed by atoms with Crippen molar-refractivity contribution in [3.8, 4) is 0 Å². The monoisotopic (exact) mass is 1220 g/mol. The van der Waals surface area contributed by atoms with Crippen molar-refractivity contribution in [2.45, 2.75) is 360 Å². The van der Waals surface area contributed by atoms with Crippen LogP contribution in [0.2, 0.25) is 0 Å². The highest BCUT2D eigenvalue weighted by atomic mass is 31.2. The molecule has 2 unspecified atom stereocenters. The van der Waals surface area contributed by atoms with E-state index >= 15 is 0 Å². The fraction of sp³-hybridized carbons (Fsp3) is 0.840. The van der Waals surface area contributed by atoms with Gasteiger partial charge in [-0.2, -0.15) is 0 Å². The number of ether oxygens (including phenoxy) is 2. The van der Waals surface area contributed by atoms with Crippen LogP contribution in [0.25, 0.3) is 0 Å². The van der Waals surface area contributed by atoms with E-state index in [1.807, 2.05) is 21.1 Å². The number of nitrogens with zero attached hydrogens (tertiary/aromatic N) is 1. The minimum absolute atomic E-state index is 0.0286. The van der Waals surface area contributed by atoms with Crippen molar-refractivity contribution in [1.82, 2.24) is 0 Å². The predicted molar refractivity (Wildman–Crippen MR) is 367 cm³/mol. The molecule has 9 nitrogen and oxygen atoms in total. The summed E-state index contributed by atoms with van der Waals surface area (Å²) in [4.78, 5) is 35.9. The molecule has 0 aromatic rings. The van der Waals surface area contributed by atoms with Crippen molar-refractivity contribution in [2.24, 2.45) is 0 Å². The number of phosphoric acid groups is 1. The van der Waals surface area contributed by atoms with Crippen molar-refractivity contribution in [3.63, 3.8) is 0 Å². The topological polar surface area (TPSA) is 108 Å². The molecule has 0 amide bonds. The van der Waals surface area contributed by atoms with Gasteiger partial charge in [0.1, 0.15) is 19.8 Å². The molecular formula is C75H141NO8P+. The summed E-state index contributed by atoms with van der Waals surface area (Å²) in [6.45, 7) is 4.36. The number of unbranched alkanes of at least 4 members (excludes halogenated alkanes) is 44. The van der Waals surface area contributed by atoms with Crippen molar-refractivity contribution in [1.29, 1.82) is 0 Å². The van der Waals surface area contributed by atoms with E-state index in [1.54, 1.807) is 0 Å². The van der Waals surface area contributed by atoms with E-state index in [2.05, 4.69) is 74.6 Å². The highest BCUT2D eigenvalue weighted by molar-refractivity contribution is 7.47. The number of hydrogen-bond donors (Lipinski definition) is 1. The number of phosphoric ester groups is 1. The summed E-state index contributed by atoms with van der Waals surface area (Å²) in [6.07, 6.45) is 87.9. The summed E-state index contributed by atoms with van der Waals surface area (Å²) in [5, 5.41) is 0. The highest BCUT2D eigenvalue weighted by Crippen LogP contribution is 2.43. The van der Waals surface area contributed by atoms with Crippen LogP contribution in [0.3, 0.4) is 0 Å². The van der Waals surface area contributed by atoms with Gasteiger partial charge in [-0.1, -0.05) is 344 Å². The van der Waals surface area contributed by atoms with Gasteiger partial charge in [0.15, 0.2) is 6.10 Å². The van der Waals surface area contributed by atoms with Gasteiger partial charge in [0.2, 0.25) is 0 Å². The van der Waals surface area contributed by atoms with Gasteiger partial charge in [0.05, 0.1) is 27.7 Å². The molecule has 0 aromatic heterocycles. The molecule has 85 heavy (non-hydrogen) atoms. The second-order valence-electron chi connectivity index (χ2n) is 26.0. The number of carbonyl (C=O) groups excluding carboxylic acids is 2. The van der Waals surface area contributed by atoms with Gasteiger partial charge in [0.25, 0.3) is 0 Å². The van der Waals surface area contributed by atoms with Gasteiger partial charge < -0.3 is 18.9 Å². The highest BCUT2D eigenvalue weighted by Gasteiger charge is 2.27. The second kappa shape index (κ2) is 66.1. The van der Waals surface area contributed by atoms with Gasteiger partial charge in [0, 0.05) is 12.8 Å². The van der Waals surface area contributed by atoms with E-state index < -0.39 is 26.5 Å². The molecule has 0 aliphatic rings. The lowest BCUT2D eigenvalue weighted by molar-refractivity contribution is -0.870. The summed E-state index contributed by atoms with van der Waals surface area (Å²) in [6, 6.07) is 0. The minimum Gasteiger partial charge on any atom is -0.462 e. The summed E-state index contributed by atoms with van der Waals surface area (Å²) in [5.41, 5.74) is 0. The van der Waals surface area contributed by atoms with Gasteiger partial charge in [-0.3, -0.25) is 18.6 Å². The third-order valence-electron chi connectivity index (χ3n) is 16.3. The Morgan fingerprint density at radius 2 is 0.671 bits per heavy atom. The Morgan fingerprint density at radius 3 is 1.00 bits per heavy atom. The molecule has 0 saturated heterocycles. The molecule has 0 radical (unpaired) electrons. The van der Waals surface area contributed by atoms with Gasteiger partial charge >= 0.3 is 19.8 Å². The molecule has 0 aliphatic carbocycles. The fourth-order valence-corrected chi connectivity index (χ4v) is 11.5. The maximum Gasteiger partial charge on any atom is 0.472 e. The zero-order valence-corrected chi connectivity index (χ0v) is 57.7. The summed E-state index contributed by atoms with van der Waals surface area (Å²) < 4.78 is 34.7. The Hall–Kier alpha value is -2.29. The Morgan fingerprint density at radius 1 is 0.376 bits per heavy atom. The first-order valence-corrected chi connectivity index (χ1v) is 38.0. The average molecular weight is 1220 g/mol. The molecule has 0 bridgehead atoms. The Kier molecular flexibility index (Phi) is 64.4. The number of esters is 2. The average Bonchev–Trinajstić information content (AvgIpc) is 3.50. The SMILES string of the molecule is CC/C=C\C/C=C\C/C=C\C/C=C\C/C=C\CCCCCCCCCC(=O)OC(COC(=O)CCCCCCCCCCCCCCCCCCCCCCCCCCCCCCCCCCCCCCCC)COP(=O)(O)OCC[N+](C)(C)C. The van der Waals surface area contributed by atoms with E-state index in [1.165, 1.54) is 244 Å². The normalized spacial score (nSPS) is 13.4. The maximum absolute atomic E-state index is 12.9. The Balaban J connectivity index is 3.93. The first kappa shape index (κ1) is 82.7. The molecular weight excluding hydrogens is 1070 g/mol. The van der Waals surface area contributed by atoms with Gasteiger partial charge in [-0.05, 0) is 57.8 Å². The first-order valence-electron chi connectivity index (χ1n) is 36.5. The second-order valence-corrected chi connectivity index (χ2v) is 27.4. The molecule has 0 heterocycles. The zero-order valence-electron chi connectivity index (χ0n) is 56.9. The van der Waals surface area contributed by atoms with Crippen LogP contribution in [-0.4, -0.2) is 74.9 Å². The maximum atomic E-state index is 12.9. The molecule has 2 atom stereocenters. The van der Waals surface area contributed by atoms with Crippen molar-refractivity contribution >= 4 is 19.8 Å². The molecule has 0 fully saturated rings. The quantitative estimate of drug-likeness (QED) is 0.0211. The molecule has 10 heteroatoms. The van der Waals surface area contributed by atoms with E-state index in [0.29, 0.717) is 17.4 Å². The lowest BCUT2D eigenvalue weighted by Gasteiger charge is -2.24. The van der Waals surface area contributed by atoms with E-state index in [-0.39, 0.29) is 32.0 Å². The smallest absolute Gasteiger partial charge is 0.462 e. The summed E-state index contributed by atoms with van der Waals surface area (Å²) in [7, 11) is 1.48. The standard InChI is InChI=1S/C75H140NO8P/c1-6-8-10-12-14-16-18-20-22-24-26-28-30-31-32-33-34-35-36-37-38-39-40-41-42-43-44-46-47-49-51-53-55-57-59-61-63-65-67-74(77)81-71-73(72-83-85(79,80)82-70-69-76(3,4)5)84-75(78)68-66-64-62-60-58-56-54-52-50-48-45-29-27-25-23-21-19-17-15-13-11-9-7-2/h9,11,15,17,21,23,27,29,48,50,73H,6-8,10,12-14,16,18-20,22,24-26,28,30-47,49,51-72H2,1-5H3/p+1/b11-9-,17-15-,23-21-,29-27-,50-48-. The lowest BCUT2D eigenvalue weighted by atomic mass is 10.0.